The lowest BCUT2D eigenvalue weighted by Gasteiger charge is -2.08. The van der Waals surface area contributed by atoms with Gasteiger partial charge in [-0.3, -0.25) is 4.79 Å². The van der Waals surface area contributed by atoms with E-state index in [0.717, 1.165) is 25.1 Å². The van der Waals surface area contributed by atoms with Crippen molar-refractivity contribution in [2.24, 2.45) is 0 Å². The summed E-state index contributed by atoms with van der Waals surface area (Å²) in [5.41, 5.74) is 3.07. The van der Waals surface area contributed by atoms with Crippen molar-refractivity contribution in [3.8, 4) is 0 Å². The molecular formula is C22H22N4O. The van der Waals surface area contributed by atoms with Crippen LogP contribution in [0.2, 0.25) is 0 Å². The number of para-hydroxylation sites is 1. The molecule has 0 atom stereocenters. The molecule has 0 aliphatic heterocycles. The minimum Gasteiger partial charge on any atom is -0.352 e. The van der Waals surface area contributed by atoms with E-state index in [1.165, 1.54) is 10.9 Å². The van der Waals surface area contributed by atoms with Crippen LogP contribution in [-0.4, -0.2) is 26.6 Å². The Labute approximate surface area is 158 Å². The molecule has 0 unspecified atom stereocenters. The van der Waals surface area contributed by atoms with Crippen molar-refractivity contribution >= 4 is 16.8 Å². The first kappa shape index (κ1) is 17.1. The van der Waals surface area contributed by atoms with E-state index in [-0.39, 0.29) is 5.91 Å². The fraction of sp³-hybridized carbons (Fsp3) is 0.182. The van der Waals surface area contributed by atoms with Crippen molar-refractivity contribution in [1.82, 2.24) is 19.4 Å². The first-order valence-electron chi connectivity index (χ1n) is 9.16. The molecule has 4 aromatic rings. The molecule has 0 saturated heterocycles. The molecule has 5 heteroatoms. The monoisotopic (exact) mass is 358 g/mol. The van der Waals surface area contributed by atoms with Crippen molar-refractivity contribution in [1.29, 1.82) is 0 Å². The van der Waals surface area contributed by atoms with Crippen LogP contribution >= 0.6 is 0 Å². The molecule has 0 radical (unpaired) electrons. The number of amides is 1. The molecule has 0 bridgehead atoms. The van der Waals surface area contributed by atoms with Crippen LogP contribution in [0, 0.1) is 0 Å². The molecule has 27 heavy (non-hydrogen) atoms. The highest BCUT2D eigenvalue weighted by molar-refractivity contribution is 5.94. The van der Waals surface area contributed by atoms with Crippen LogP contribution in [-0.2, 0) is 13.1 Å². The molecule has 5 nitrogen and oxygen atoms in total. The number of nitrogens with one attached hydrogen (secondary N) is 1. The number of carbonyl (C=O) groups is 1. The summed E-state index contributed by atoms with van der Waals surface area (Å²) in [6.07, 6.45) is 8.47. The molecule has 0 spiro atoms. The average Bonchev–Trinajstić information content (AvgIpc) is 3.36. The fourth-order valence-corrected chi connectivity index (χ4v) is 3.24. The molecule has 1 amide bonds. The molecule has 2 aromatic carbocycles. The van der Waals surface area contributed by atoms with Gasteiger partial charge in [0.05, 0.1) is 6.33 Å². The maximum Gasteiger partial charge on any atom is 0.251 e. The van der Waals surface area contributed by atoms with Crippen LogP contribution in [0.15, 0.2) is 79.5 Å². The molecule has 136 valence electrons. The largest absolute Gasteiger partial charge is 0.352 e. The number of imidazole rings is 1. The highest BCUT2D eigenvalue weighted by atomic mass is 16.1. The third kappa shape index (κ3) is 4.08. The van der Waals surface area contributed by atoms with Gasteiger partial charge in [-0.2, -0.15) is 0 Å². The highest BCUT2D eigenvalue weighted by Gasteiger charge is 2.05. The van der Waals surface area contributed by atoms with Crippen molar-refractivity contribution in [3.05, 3.63) is 90.6 Å². The summed E-state index contributed by atoms with van der Waals surface area (Å²) >= 11 is 0. The van der Waals surface area contributed by atoms with Gasteiger partial charge in [0.1, 0.15) is 0 Å². The summed E-state index contributed by atoms with van der Waals surface area (Å²) in [6, 6.07) is 18.2. The first-order valence-corrected chi connectivity index (χ1v) is 9.16. The van der Waals surface area contributed by atoms with Crippen LogP contribution < -0.4 is 5.32 Å². The van der Waals surface area contributed by atoms with Crippen LogP contribution in [0.25, 0.3) is 10.9 Å². The summed E-state index contributed by atoms with van der Waals surface area (Å²) in [5.74, 6) is -0.0263. The average molecular weight is 358 g/mol. The van der Waals surface area contributed by atoms with Gasteiger partial charge >= 0.3 is 0 Å². The zero-order valence-electron chi connectivity index (χ0n) is 15.1. The van der Waals surface area contributed by atoms with Gasteiger partial charge in [-0.25, -0.2) is 4.98 Å². The molecular weight excluding hydrogens is 336 g/mol. The SMILES string of the molecule is O=C(NCCCn1ccc2ccccc21)c1ccc(Cn2ccnc2)cc1. The van der Waals surface area contributed by atoms with Gasteiger partial charge < -0.3 is 14.5 Å². The van der Waals surface area contributed by atoms with E-state index in [1.54, 1.807) is 12.5 Å². The van der Waals surface area contributed by atoms with E-state index in [1.807, 2.05) is 41.1 Å². The Morgan fingerprint density at radius 1 is 1.00 bits per heavy atom. The Kier molecular flexibility index (Phi) is 5.01. The lowest BCUT2D eigenvalue weighted by atomic mass is 10.1. The number of benzene rings is 2. The van der Waals surface area contributed by atoms with E-state index in [0.29, 0.717) is 12.1 Å². The second-order valence-corrected chi connectivity index (χ2v) is 6.61. The van der Waals surface area contributed by atoms with Crippen LogP contribution in [0.4, 0.5) is 0 Å². The van der Waals surface area contributed by atoms with Gasteiger partial charge in [0, 0.05) is 49.3 Å². The number of nitrogens with zero attached hydrogens (tertiary/aromatic N) is 3. The Bertz CT molecular complexity index is 1020. The Morgan fingerprint density at radius 2 is 1.85 bits per heavy atom. The number of hydrogen-bond acceptors (Lipinski definition) is 2. The smallest absolute Gasteiger partial charge is 0.251 e. The van der Waals surface area contributed by atoms with E-state index in [9.17, 15) is 4.79 Å². The number of rotatable bonds is 7. The number of hydrogen-bond donors (Lipinski definition) is 1. The maximum atomic E-state index is 12.3. The molecule has 4 rings (SSSR count). The van der Waals surface area contributed by atoms with Crippen molar-refractivity contribution < 1.29 is 4.79 Å². The van der Waals surface area contributed by atoms with Gasteiger partial charge in [-0.15, -0.1) is 0 Å². The van der Waals surface area contributed by atoms with Gasteiger partial charge in [0.15, 0.2) is 0 Å². The number of aromatic nitrogens is 3. The minimum atomic E-state index is -0.0263. The normalized spacial score (nSPS) is 11.0. The molecule has 2 aromatic heterocycles. The van der Waals surface area contributed by atoms with Crippen molar-refractivity contribution in [2.45, 2.75) is 19.5 Å². The third-order valence-corrected chi connectivity index (χ3v) is 4.68. The van der Waals surface area contributed by atoms with Crippen LogP contribution in [0.5, 0.6) is 0 Å². The van der Waals surface area contributed by atoms with E-state index in [4.69, 9.17) is 0 Å². The van der Waals surface area contributed by atoms with Gasteiger partial charge in [-0.05, 0) is 41.6 Å². The molecule has 0 saturated carbocycles. The van der Waals surface area contributed by atoms with Crippen LogP contribution in [0.1, 0.15) is 22.3 Å². The van der Waals surface area contributed by atoms with E-state index in [2.05, 4.69) is 45.3 Å². The predicted octanol–water partition coefficient (Wildman–Crippen LogP) is 3.71. The topological polar surface area (TPSA) is 51.9 Å². The predicted molar refractivity (Wildman–Crippen MR) is 107 cm³/mol. The number of carbonyl (C=O) groups excluding carboxylic acids is 1. The summed E-state index contributed by atoms with van der Waals surface area (Å²) in [4.78, 5) is 16.4. The lowest BCUT2D eigenvalue weighted by Crippen LogP contribution is -2.25. The Hall–Kier alpha value is -3.34. The number of fused-ring (bicyclic) bond motifs is 1. The fourth-order valence-electron chi connectivity index (χ4n) is 3.24. The van der Waals surface area contributed by atoms with Crippen LogP contribution in [0.3, 0.4) is 0 Å². The maximum absolute atomic E-state index is 12.3. The van der Waals surface area contributed by atoms with E-state index >= 15 is 0 Å². The van der Waals surface area contributed by atoms with Gasteiger partial charge in [0.25, 0.3) is 5.91 Å². The summed E-state index contributed by atoms with van der Waals surface area (Å²) in [6.45, 7) is 2.30. The quantitative estimate of drug-likeness (QED) is 0.512. The molecule has 1 N–H and O–H groups in total. The summed E-state index contributed by atoms with van der Waals surface area (Å²) < 4.78 is 4.23. The molecule has 2 heterocycles. The highest BCUT2D eigenvalue weighted by Crippen LogP contribution is 2.15. The lowest BCUT2D eigenvalue weighted by molar-refractivity contribution is 0.0953. The third-order valence-electron chi connectivity index (χ3n) is 4.68. The zero-order valence-corrected chi connectivity index (χ0v) is 15.1. The van der Waals surface area contributed by atoms with E-state index < -0.39 is 0 Å². The van der Waals surface area contributed by atoms with Gasteiger partial charge in [-0.1, -0.05) is 30.3 Å². The summed E-state index contributed by atoms with van der Waals surface area (Å²) in [5, 5.41) is 4.25. The molecule has 0 aliphatic rings. The number of aryl methyl sites for hydroxylation is 1. The standard InChI is InChI=1S/C22H22N4O/c27-22(20-8-6-18(7-9-20)16-25-15-12-23-17-25)24-11-3-13-26-14-10-19-4-1-2-5-21(19)26/h1-2,4-10,12,14-15,17H,3,11,13,16H2,(H,24,27). The van der Waals surface area contributed by atoms with Crippen molar-refractivity contribution in [2.75, 3.05) is 6.54 Å². The molecule has 0 fully saturated rings. The second-order valence-electron chi connectivity index (χ2n) is 6.61. The first-order chi connectivity index (χ1) is 13.3. The van der Waals surface area contributed by atoms with Gasteiger partial charge in [0.2, 0.25) is 0 Å². The summed E-state index contributed by atoms with van der Waals surface area (Å²) in [7, 11) is 0. The Balaban J connectivity index is 1.26. The zero-order chi connectivity index (χ0) is 18.5. The molecule has 0 aliphatic carbocycles. The second kappa shape index (κ2) is 7.91. The minimum absolute atomic E-state index is 0.0263. The Morgan fingerprint density at radius 3 is 2.67 bits per heavy atom. The van der Waals surface area contributed by atoms with Crippen molar-refractivity contribution in [3.63, 3.8) is 0 Å².